The predicted molar refractivity (Wildman–Crippen MR) is 179 cm³/mol. The number of esters is 1. The van der Waals surface area contributed by atoms with E-state index in [-0.39, 0.29) is 46.8 Å². The fraction of sp³-hybridized carbons (Fsp3) is 0.152. The van der Waals surface area contributed by atoms with Gasteiger partial charge in [-0.2, -0.15) is 26.3 Å². The van der Waals surface area contributed by atoms with Crippen LogP contribution in [-0.2, 0) is 23.7 Å². The molecule has 0 saturated carbocycles. The number of rotatable bonds is 10. The molecular weight excluding hydrogens is 761 g/mol. The molecule has 0 atom stereocenters. The molecule has 0 bridgehead atoms. The monoisotopic (exact) mass is 784 g/mol. The quantitative estimate of drug-likeness (QED) is 0.0703. The summed E-state index contributed by atoms with van der Waals surface area (Å²) in [4.78, 5) is 37.5. The van der Waals surface area contributed by atoms with Crippen molar-refractivity contribution < 1.29 is 55.2 Å². The first-order valence-corrected chi connectivity index (χ1v) is 15.3. The lowest BCUT2D eigenvalue weighted by atomic mass is 10.2. The highest BCUT2D eigenvalue weighted by molar-refractivity contribution is 6.30. The molecule has 0 radical (unpaired) electrons. The molecule has 12 nitrogen and oxygen atoms in total. The molecule has 0 spiro atoms. The molecule has 5 aromatic rings. The second-order valence-corrected chi connectivity index (χ2v) is 11.0. The number of anilines is 4. The van der Waals surface area contributed by atoms with E-state index >= 15 is 0 Å². The van der Waals surface area contributed by atoms with Crippen molar-refractivity contribution in [2.24, 2.45) is 0 Å². The van der Waals surface area contributed by atoms with Crippen molar-refractivity contribution in [2.45, 2.75) is 19.0 Å². The lowest BCUT2D eigenvalue weighted by Gasteiger charge is -2.13. The number of carbonyl (C=O) groups is 2. The lowest BCUT2D eigenvalue weighted by molar-refractivity contribution is -0.138. The van der Waals surface area contributed by atoms with E-state index in [1.807, 2.05) is 30.3 Å². The van der Waals surface area contributed by atoms with Gasteiger partial charge in [0.15, 0.2) is 0 Å². The summed E-state index contributed by atoms with van der Waals surface area (Å²) in [7, 11) is 2.69. The maximum atomic E-state index is 12.8. The van der Waals surface area contributed by atoms with Crippen LogP contribution in [0.25, 0.3) is 0 Å². The van der Waals surface area contributed by atoms with Crippen molar-refractivity contribution in [2.75, 3.05) is 24.9 Å². The number of nitrogens with zero attached hydrogens (tertiary/aromatic N) is 4. The minimum atomic E-state index is -4.66. The van der Waals surface area contributed by atoms with Gasteiger partial charge in [-0.15, -0.1) is 0 Å². The molecule has 2 aromatic heterocycles. The van der Waals surface area contributed by atoms with Crippen LogP contribution in [0.15, 0.2) is 79.1 Å². The van der Waals surface area contributed by atoms with E-state index in [1.165, 1.54) is 50.6 Å². The summed E-state index contributed by atoms with van der Waals surface area (Å²) in [5, 5.41) is 12.7. The number of halogens is 8. The summed E-state index contributed by atoms with van der Waals surface area (Å²) in [5.74, 6) is -1.66. The van der Waals surface area contributed by atoms with E-state index in [0.717, 1.165) is 5.56 Å². The maximum absolute atomic E-state index is 12.8. The molecule has 0 aliphatic carbocycles. The number of carboxylic acids is 1. The van der Waals surface area contributed by atoms with E-state index in [9.17, 15) is 35.9 Å². The molecule has 3 aromatic carbocycles. The highest BCUT2D eigenvalue weighted by Crippen LogP contribution is 2.36. The molecular formula is C33H24Cl2F6N6O6. The average Bonchev–Trinajstić information content (AvgIpc) is 3.10. The fourth-order valence-corrected chi connectivity index (χ4v) is 4.59. The Bertz CT molecular complexity index is 2090. The minimum Gasteiger partial charge on any atom is -0.495 e. The standard InChI is InChI=1S/C20H15ClF3N3O3.C13H9ClF3N3O3/c1-29-16-9-13(18(28)30-11-12-5-3-2-4-6-12)7-8-15(16)26-19-25-10-14(17(21)27-19)20(22,23)24;1-23-9-4-6(11(21)22)2-3-8(9)19-12-18-5-7(10(14)20-12)13(15,16)17/h2-10H,11H2,1H3,(H,25,26,27);2-5H,1H3,(H,21,22)(H,18,19,20). The topological polar surface area (TPSA) is 158 Å². The molecule has 3 N–H and O–H groups in total. The summed E-state index contributed by atoms with van der Waals surface area (Å²) in [6.07, 6.45) is -8.18. The van der Waals surface area contributed by atoms with Gasteiger partial charge in [0, 0.05) is 12.4 Å². The van der Waals surface area contributed by atoms with Crippen molar-refractivity contribution in [3.8, 4) is 11.5 Å². The minimum absolute atomic E-state index is 0.0150. The molecule has 0 aliphatic rings. The highest BCUT2D eigenvalue weighted by atomic mass is 35.5. The Labute approximate surface area is 305 Å². The second kappa shape index (κ2) is 17.1. The molecule has 0 saturated heterocycles. The number of hydrogen-bond donors (Lipinski definition) is 3. The number of carboxylic acid groups (broad SMARTS) is 1. The van der Waals surface area contributed by atoms with Crippen LogP contribution in [0, 0.1) is 0 Å². The van der Waals surface area contributed by atoms with Crippen molar-refractivity contribution in [3.63, 3.8) is 0 Å². The molecule has 0 aliphatic heterocycles. The van der Waals surface area contributed by atoms with Crippen LogP contribution < -0.4 is 20.1 Å². The summed E-state index contributed by atoms with van der Waals surface area (Å²) in [6, 6.07) is 17.5. The molecule has 0 unspecified atom stereocenters. The van der Waals surface area contributed by atoms with Crippen LogP contribution in [0.5, 0.6) is 11.5 Å². The van der Waals surface area contributed by atoms with E-state index in [2.05, 4.69) is 30.6 Å². The third-order valence-electron chi connectivity index (χ3n) is 6.69. The Morgan fingerprint density at radius 2 is 1.17 bits per heavy atom. The number of aromatic nitrogens is 4. The summed E-state index contributed by atoms with van der Waals surface area (Å²) >= 11 is 11.1. The average molecular weight is 785 g/mol. The van der Waals surface area contributed by atoms with Gasteiger partial charge in [-0.05, 0) is 42.0 Å². The zero-order chi connectivity index (χ0) is 38.9. The van der Waals surface area contributed by atoms with E-state index < -0.39 is 45.7 Å². The number of carbonyl (C=O) groups excluding carboxylic acids is 1. The van der Waals surface area contributed by atoms with Crippen LogP contribution in [0.2, 0.25) is 10.3 Å². The fourth-order valence-electron chi connectivity index (χ4n) is 4.12. The number of aromatic carboxylic acids is 1. The predicted octanol–water partition coefficient (Wildman–Crippen LogP) is 8.86. The zero-order valence-electron chi connectivity index (χ0n) is 27.0. The molecule has 2 heterocycles. The number of ether oxygens (including phenoxy) is 3. The normalized spacial score (nSPS) is 11.1. The Kier molecular flexibility index (Phi) is 12.9. The first kappa shape index (κ1) is 39.9. The van der Waals surface area contributed by atoms with E-state index in [0.29, 0.717) is 18.1 Å². The first-order valence-electron chi connectivity index (χ1n) is 14.5. The van der Waals surface area contributed by atoms with E-state index in [4.69, 9.17) is 42.5 Å². The Balaban J connectivity index is 0.000000245. The number of methoxy groups -OCH3 is 2. The SMILES string of the molecule is COc1cc(C(=O)O)ccc1Nc1ncc(C(F)(F)F)c(Cl)n1.COc1cc(C(=O)OCc2ccccc2)ccc1Nc1ncc(C(F)(F)F)c(Cl)n1. The summed E-state index contributed by atoms with van der Waals surface area (Å²) < 4.78 is 91.6. The second-order valence-electron chi connectivity index (χ2n) is 10.2. The lowest BCUT2D eigenvalue weighted by Crippen LogP contribution is -2.10. The van der Waals surface area contributed by atoms with Crippen LogP contribution in [-0.4, -0.2) is 51.2 Å². The van der Waals surface area contributed by atoms with Gasteiger partial charge in [0.25, 0.3) is 0 Å². The van der Waals surface area contributed by atoms with Crippen molar-refractivity contribution in [1.29, 1.82) is 0 Å². The molecule has 53 heavy (non-hydrogen) atoms. The van der Waals surface area contributed by atoms with Crippen LogP contribution >= 0.6 is 23.2 Å². The van der Waals surface area contributed by atoms with Gasteiger partial charge in [0.2, 0.25) is 11.9 Å². The van der Waals surface area contributed by atoms with Gasteiger partial charge in [-0.1, -0.05) is 53.5 Å². The number of hydrogen-bond acceptors (Lipinski definition) is 11. The smallest absolute Gasteiger partial charge is 0.420 e. The number of nitrogens with one attached hydrogen (secondary N) is 2. The zero-order valence-corrected chi connectivity index (χ0v) is 28.5. The number of alkyl halides is 6. The van der Waals surface area contributed by atoms with Crippen LogP contribution in [0.1, 0.15) is 37.4 Å². The maximum Gasteiger partial charge on any atom is 0.420 e. The number of benzene rings is 3. The van der Waals surface area contributed by atoms with Gasteiger partial charge in [0.05, 0.1) is 36.7 Å². The largest absolute Gasteiger partial charge is 0.495 e. The third kappa shape index (κ3) is 10.8. The van der Waals surface area contributed by atoms with Gasteiger partial charge in [0.1, 0.15) is 39.5 Å². The molecule has 5 rings (SSSR count). The van der Waals surface area contributed by atoms with Gasteiger partial charge in [-0.25, -0.2) is 29.5 Å². The van der Waals surface area contributed by atoms with Crippen molar-refractivity contribution in [1.82, 2.24) is 19.9 Å². The van der Waals surface area contributed by atoms with Gasteiger partial charge < -0.3 is 30.0 Å². The summed E-state index contributed by atoms with van der Waals surface area (Å²) in [6.45, 7) is 0.111. The van der Waals surface area contributed by atoms with Crippen LogP contribution in [0.4, 0.5) is 49.6 Å². The molecule has 0 fully saturated rings. The van der Waals surface area contributed by atoms with Crippen LogP contribution in [0.3, 0.4) is 0 Å². The van der Waals surface area contributed by atoms with Crippen molar-refractivity contribution in [3.05, 3.63) is 117 Å². The Hall–Kier alpha value is -5.88. The van der Waals surface area contributed by atoms with Gasteiger partial charge in [-0.3, -0.25) is 0 Å². The first-order chi connectivity index (χ1) is 25.0. The molecule has 278 valence electrons. The molecule has 0 amide bonds. The third-order valence-corrected chi connectivity index (χ3v) is 7.26. The molecule has 20 heteroatoms. The highest BCUT2D eigenvalue weighted by Gasteiger charge is 2.35. The van der Waals surface area contributed by atoms with Crippen molar-refractivity contribution >= 4 is 58.4 Å². The Morgan fingerprint density at radius 1 is 0.717 bits per heavy atom. The van der Waals surface area contributed by atoms with E-state index in [1.54, 1.807) is 0 Å². The Morgan fingerprint density at radius 3 is 1.58 bits per heavy atom. The van der Waals surface area contributed by atoms with Gasteiger partial charge >= 0.3 is 24.3 Å². The summed E-state index contributed by atoms with van der Waals surface area (Å²) in [5.41, 5.74) is -0.636.